The Morgan fingerprint density at radius 3 is 2.66 bits per heavy atom. The van der Waals surface area contributed by atoms with Crippen molar-refractivity contribution in [2.45, 2.75) is 19.4 Å². The van der Waals surface area contributed by atoms with Crippen LogP contribution in [0.1, 0.15) is 12.6 Å². The molecule has 0 spiro atoms. The minimum absolute atomic E-state index is 0.177. The Morgan fingerprint density at radius 1 is 1.21 bits per heavy atom. The number of H-pyrrole nitrogens is 1. The van der Waals surface area contributed by atoms with E-state index in [1.54, 1.807) is 24.3 Å². The number of ether oxygens (including phenoxy) is 1. The molecule has 0 radical (unpaired) electrons. The summed E-state index contributed by atoms with van der Waals surface area (Å²) >= 11 is 0. The smallest absolute Gasteiger partial charge is 0.312 e. The monoisotopic (exact) mass is 396 g/mol. The second-order valence-electron chi connectivity index (χ2n) is 6.15. The Balaban J connectivity index is 1.66. The third-order valence-corrected chi connectivity index (χ3v) is 4.09. The van der Waals surface area contributed by atoms with E-state index in [4.69, 9.17) is 4.74 Å². The molecule has 1 heterocycles. The average Bonchev–Trinajstić information content (AvgIpc) is 2.70. The summed E-state index contributed by atoms with van der Waals surface area (Å²) in [7, 11) is 0. The molecule has 0 saturated heterocycles. The Bertz CT molecular complexity index is 1160. The lowest BCUT2D eigenvalue weighted by Crippen LogP contribution is -2.30. The van der Waals surface area contributed by atoms with Gasteiger partial charge in [-0.3, -0.25) is 24.5 Å². The number of nitro benzene ring substituents is 1. The largest absolute Gasteiger partial charge is 0.452 e. The van der Waals surface area contributed by atoms with Crippen LogP contribution in [0, 0.1) is 10.1 Å². The third kappa shape index (κ3) is 4.61. The highest BCUT2D eigenvalue weighted by molar-refractivity contribution is 5.95. The number of nitrogens with zero attached hydrogens (tertiary/aromatic N) is 2. The first-order valence-electron chi connectivity index (χ1n) is 8.56. The molecule has 29 heavy (non-hydrogen) atoms. The van der Waals surface area contributed by atoms with Gasteiger partial charge in [-0.2, -0.15) is 5.10 Å². The average molecular weight is 396 g/mol. The van der Waals surface area contributed by atoms with Gasteiger partial charge in [0, 0.05) is 23.2 Å². The molecule has 148 valence electrons. The number of esters is 1. The molecular weight excluding hydrogens is 380 g/mol. The van der Waals surface area contributed by atoms with E-state index >= 15 is 0 Å². The SMILES string of the molecule is CC(OC(=O)Cc1n[nH]c(=O)c2ccccc12)C(=O)Nc1cccc([N+](=O)[O-])c1. The van der Waals surface area contributed by atoms with Gasteiger partial charge in [0.05, 0.1) is 22.4 Å². The number of nitro groups is 1. The minimum atomic E-state index is -1.14. The van der Waals surface area contributed by atoms with E-state index in [0.717, 1.165) is 0 Å². The van der Waals surface area contributed by atoms with Gasteiger partial charge in [-0.1, -0.05) is 24.3 Å². The van der Waals surface area contributed by atoms with E-state index < -0.39 is 22.9 Å². The van der Waals surface area contributed by atoms with Gasteiger partial charge in [0.2, 0.25) is 0 Å². The van der Waals surface area contributed by atoms with E-state index in [1.165, 1.54) is 31.2 Å². The van der Waals surface area contributed by atoms with Gasteiger partial charge in [0.25, 0.3) is 17.2 Å². The molecule has 2 N–H and O–H groups in total. The number of amides is 1. The molecule has 0 aliphatic rings. The Kier molecular flexibility index (Phi) is 5.63. The number of hydrogen-bond acceptors (Lipinski definition) is 7. The molecule has 0 aliphatic carbocycles. The van der Waals surface area contributed by atoms with Gasteiger partial charge >= 0.3 is 5.97 Å². The molecule has 3 aromatic rings. The van der Waals surface area contributed by atoms with Crippen LogP contribution in [-0.2, 0) is 20.7 Å². The van der Waals surface area contributed by atoms with E-state index in [9.17, 15) is 24.5 Å². The topological polar surface area (TPSA) is 144 Å². The summed E-state index contributed by atoms with van der Waals surface area (Å²) in [5.74, 6) is -1.35. The molecular formula is C19H16N4O6. The number of anilines is 1. The lowest BCUT2D eigenvalue weighted by Gasteiger charge is -2.13. The van der Waals surface area contributed by atoms with Crippen molar-refractivity contribution in [2.75, 3.05) is 5.32 Å². The standard InChI is InChI=1S/C19H16N4O6/c1-11(18(25)20-12-5-4-6-13(9-12)23(27)28)29-17(24)10-16-14-7-2-3-8-15(14)19(26)22-21-16/h2-9,11H,10H2,1H3,(H,20,25)(H,22,26). The summed E-state index contributed by atoms with van der Waals surface area (Å²) in [5.41, 5.74) is -0.0252. The van der Waals surface area contributed by atoms with E-state index in [-0.39, 0.29) is 23.4 Å². The molecule has 2 aromatic carbocycles. The fourth-order valence-electron chi connectivity index (χ4n) is 2.68. The summed E-state index contributed by atoms with van der Waals surface area (Å²) in [6.45, 7) is 1.38. The number of rotatable bonds is 6. The fraction of sp³-hybridized carbons (Fsp3) is 0.158. The lowest BCUT2D eigenvalue weighted by atomic mass is 10.1. The molecule has 10 nitrogen and oxygen atoms in total. The normalized spacial score (nSPS) is 11.6. The summed E-state index contributed by atoms with van der Waals surface area (Å²) in [6, 6.07) is 12.1. The maximum Gasteiger partial charge on any atom is 0.312 e. The lowest BCUT2D eigenvalue weighted by molar-refractivity contribution is -0.384. The predicted molar refractivity (Wildman–Crippen MR) is 103 cm³/mol. The fourth-order valence-corrected chi connectivity index (χ4v) is 2.68. The molecule has 0 fully saturated rings. The minimum Gasteiger partial charge on any atom is -0.452 e. The number of aromatic nitrogens is 2. The summed E-state index contributed by atoms with van der Waals surface area (Å²) in [6.07, 6.45) is -1.39. The molecule has 1 unspecified atom stereocenters. The molecule has 0 saturated carbocycles. The number of carbonyl (C=O) groups excluding carboxylic acids is 2. The van der Waals surface area contributed by atoms with Crippen LogP contribution in [-0.4, -0.2) is 33.1 Å². The highest BCUT2D eigenvalue weighted by Crippen LogP contribution is 2.18. The number of fused-ring (bicyclic) bond motifs is 1. The van der Waals surface area contributed by atoms with Crippen LogP contribution in [0.15, 0.2) is 53.3 Å². The molecule has 3 rings (SSSR count). The summed E-state index contributed by atoms with van der Waals surface area (Å²) < 4.78 is 5.13. The number of hydrogen-bond donors (Lipinski definition) is 2. The van der Waals surface area contributed by atoms with Crippen LogP contribution in [0.2, 0.25) is 0 Å². The van der Waals surface area contributed by atoms with Gasteiger partial charge in [-0.15, -0.1) is 0 Å². The zero-order chi connectivity index (χ0) is 21.0. The van der Waals surface area contributed by atoms with Gasteiger partial charge in [0.15, 0.2) is 6.10 Å². The van der Waals surface area contributed by atoms with Crippen LogP contribution < -0.4 is 10.9 Å². The van der Waals surface area contributed by atoms with Crippen LogP contribution in [0.5, 0.6) is 0 Å². The number of aromatic amines is 1. The number of non-ortho nitro benzene ring substituents is 1. The van der Waals surface area contributed by atoms with Crippen molar-refractivity contribution in [1.82, 2.24) is 10.2 Å². The molecule has 0 bridgehead atoms. The quantitative estimate of drug-likeness (QED) is 0.368. The zero-order valence-electron chi connectivity index (χ0n) is 15.2. The van der Waals surface area contributed by atoms with Crippen molar-refractivity contribution < 1.29 is 19.2 Å². The van der Waals surface area contributed by atoms with E-state index in [2.05, 4.69) is 15.5 Å². The van der Waals surface area contributed by atoms with Crippen molar-refractivity contribution in [3.8, 4) is 0 Å². The second-order valence-corrected chi connectivity index (χ2v) is 6.15. The highest BCUT2D eigenvalue weighted by Gasteiger charge is 2.20. The number of benzene rings is 2. The Morgan fingerprint density at radius 2 is 1.93 bits per heavy atom. The molecule has 10 heteroatoms. The molecule has 1 atom stereocenters. The van der Waals surface area contributed by atoms with E-state index in [0.29, 0.717) is 16.5 Å². The van der Waals surface area contributed by atoms with Gasteiger partial charge in [0.1, 0.15) is 0 Å². The van der Waals surface area contributed by atoms with Gasteiger partial charge in [-0.05, 0) is 19.1 Å². The van der Waals surface area contributed by atoms with Crippen LogP contribution in [0.4, 0.5) is 11.4 Å². The molecule has 1 aromatic heterocycles. The van der Waals surface area contributed by atoms with Crippen molar-refractivity contribution >= 4 is 34.0 Å². The van der Waals surface area contributed by atoms with Crippen LogP contribution in [0.3, 0.4) is 0 Å². The van der Waals surface area contributed by atoms with Gasteiger partial charge < -0.3 is 10.1 Å². The number of nitrogens with one attached hydrogen (secondary N) is 2. The number of carbonyl (C=O) groups is 2. The highest BCUT2D eigenvalue weighted by atomic mass is 16.6. The van der Waals surface area contributed by atoms with Gasteiger partial charge in [-0.25, -0.2) is 5.10 Å². The Labute approximate surface area is 163 Å². The first kappa shape index (κ1) is 19.7. The van der Waals surface area contributed by atoms with Crippen molar-refractivity contribution in [3.05, 3.63) is 74.7 Å². The third-order valence-electron chi connectivity index (χ3n) is 4.09. The summed E-state index contributed by atoms with van der Waals surface area (Å²) in [5, 5.41) is 20.4. The Hall–Kier alpha value is -4.08. The van der Waals surface area contributed by atoms with Crippen molar-refractivity contribution in [1.29, 1.82) is 0 Å². The van der Waals surface area contributed by atoms with Crippen molar-refractivity contribution in [3.63, 3.8) is 0 Å². The van der Waals surface area contributed by atoms with Crippen LogP contribution >= 0.6 is 0 Å². The molecule has 1 amide bonds. The molecule has 0 aliphatic heterocycles. The predicted octanol–water partition coefficient (Wildman–Crippen LogP) is 1.94. The first-order valence-corrected chi connectivity index (χ1v) is 8.56. The van der Waals surface area contributed by atoms with Crippen molar-refractivity contribution in [2.24, 2.45) is 0 Å². The first-order chi connectivity index (χ1) is 13.8. The maximum absolute atomic E-state index is 12.2. The maximum atomic E-state index is 12.2. The van der Waals surface area contributed by atoms with E-state index in [1.807, 2.05) is 0 Å². The summed E-state index contributed by atoms with van der Waals surface area (Å²) in [4.78, 5) is 46.5. The second kappa shape index (κ2) is 8.30. The van der Waals surface area contributed by atoms with Crippen LogP contribution in [0.25, 0.3) is 10.8 Å². The zero-order valence-corrected chi connectivity index (χ0v) is 15.2.